The maximum absolute atomic E-state index is 10.9. The summed E-state index contributed by atoms with van der Waals surface area (Å²) in [7, 11) is 0. The highest BCUT2D eigenvalue weighted by atomic mass is 16.3. The van der Waals surface area contributed by atoms with Gasteiger partial charge in [-0.25, -0.2) is 0 Å². The summed E-state index contributed by atoms with van der Waals surface area (Å²) in [6, 6.07) is 30.1. The molecule has 0 aliphatic rings. The standard InChI is InChI=1S/C24H27NO2/c1-19(26)24(27)23(22-15-9-4-10-16-22)25(17-20-11-5-2-6-12-20)18-21-13-7-3-8-14-21/h2-16,19,23-24,26-27H,17-18H2,1H3/t19-,23-,24-/m1/s1. The molecule has 3 aromatic rings. The molecular formula is C24H27NO2. The van der Waals surface area contributed by atoms with Gasteiger partial charge in [-0.15, -0.1) is 0 Å². The van der Waals surface area contributed by atoms with Crippen molar-refractivity contribution in [3.05, 3.63) is 108 Å². The third-order valence-electron chi connectivity index (χ3n) is 4.81. The van der Waals surface area contributed by atoms with Gasteiger partial charge in [0.25, 0.3) is 0 Å². The molecule has 0 aromatic heterocycles. The molecule has 0 saturated heterocycles. The molecule has 3 atom stereocenters. The van der Waals surface area contributed by atoms with Crippen LogP contribution in [0.4, 0.5) is 0 Å². The van der Waals surface area contributed by atoms with Gasteiger partial charge in [-0.05, 0) is 23.6 Å². The van der Waals surface area contributed by atoms with Crippen LogP contribution in [0.15, 0.2) is 91.0 Å². The van der Waals surface area contributed by atoms with Crippen molar-refractivity contribution in [2.75, 3.05) is 0 Å². The van der Waals surface area contributed by atoms with Gasteiger partial charge in [-0.3, -0.25) is 4.90 Å². The van der Waals surface area contributed by atoms with Crippen LogP contribution in [0, 0.1) is 0 Å². The number of rotatable bonds is 8. The molecule has 0 fully saturated rings. The molecule has 140 valence electrons. The summed E-state index contributed by atoms with van der Waals surface area (Å²) < 4.78 is 0. The Morgan fingerprint density at radius 2 is 1.07 bits per heavy atom. The van der Waals surface area contributed by atoms with E-state index in [0.717, 1.165) is 5.56 Å². The molecule has 3 rings (SSSR count). The Bertz CT molecular complexity index is 749. The van der Waals surface area contributed by atoms with Crippen LogP contribution < -0.4 is 0 Å². The molecule has 27 heavy (non-hydrogen) atoms. The zero-order valence-electron chi connectivity index (χ0n) is 15.6. The van der Waals surface area contributed by atoms with Crippen LogP contribution in [-0.4, -0.2) is 27.3 Å². The van der Waals surface area contributed by atoms with E-state index in [-0.39, 0.29) is 6.04 Å². The minimum Gasteiger partial charge on any atom is -0.391 e. The Labute approximate surface area is 161 Å². The van der Waals surface area contributed by atoms with Crippen LogP contribution in [0.25, 0.3) is 0 Å². The number of benzene rings is 3. The van der Waals surface area contributed by atoms with E-state index in [4.69, 9.17) is 0 Å². The first-order valence-corrected chi connectivity index (χ1v) is 9.38. The summed E-state index contributed by atoms with van der Waals surface area (Å²) in [6.07, 6.45) is -1.72. The van der Waals surface area contributed by atoms with Gasteiger partial charge < -0.3 is 10.2 Å². The number of aliphatic hydroxyl groups excluding tert-OH is 2. The minimum atomic E-state index is -0.889. The summed E-state index contributed by atoms with van der Waals surface area (Å²) in [5, 5.41) is 21.0. The van der Waals surface area contributed by atoms with E-state index in [1.165, 1.54) is 11.1 Å². The molecule has 0 aliphatic heterocycles. The highest BCUT2D eigenvalue weighted by Gasteiger charge is 2.31. The quantitative estimate of drug-likeness (QED) is 0.633. The van der Waals surface area contributed by atoms with Gasteiger partial charge in [-0.1, -0.05) is 91.0 Å². The van der Waals surface area contributed by atoms with Crippen molar-refractivity contribution < 1.29 is 10.2 Å². The number of hydrogen-bond acceptors (Lipinski definition) is 3. The van der Waals surface area contributed by atoms with Crippen molar-refractivity contribution in [3.63, 3.8) is 0 Å². The third kappa shape index (κ3) is 5.27. The maximum atomic E-state index is 10.9. The zero-order chi connectivity index (χ0) is 19.1. The molecular weight excluding hydrogens is 334 g/mol. The average Bonchev–Trinajstić information content (AvgIpc) is 2.70. The Morgan fingerprint density at radius 3 is 1.48 bits per heavy atom. The summed E-state index contributed by atoms with van der Waals surface area (Å²) in [5.41, 5.74) is 3.34. The Kier molecular flexibility index (Phi) is 6.77. The zero-order valence-corrected chi connectivity index (χ0v) is 15.6. The summed E-state index contributed by atoms with van der Waals surface area (Å²) in [6.45, 7) is 3.00. The van der Waals surface area contributed by atoms with Crippen molar-refractivity contribution in [2.24, 2.45) is 0 Å². The highest BCUT2D eigenvalue weighted by Crippen LogP contribution is 2.29. The van der Waals surface area contributed by atoms with Crippen molar-refractivity contribution in [1.29, 1.82) is 0 Å². The van der Waals surface area contributed by atoms with E-state index >= 15 is 0 Å². The van der Waals surface area contributed by atoms with Gasteiger partial charge in [0.1, 0.15) is 0 Å². The Hall–Kier alpha value is -2.46. The molecule has 0 heterocycles. The number of hydrogen-bond donors (Lipinski definition) is 2. The topological polar surface area (TPSA) is 43.7 Å². The van der Waals surface area contributed by atoms with Crippen molar-refractivity contribution in [3.8, 4) is 0 Å². The predicted octanol–water partition coefficient (Wildman–Crippen LogP) is 4.17. The first kappa shape index (κ1) is 19.3. The van der Waals surface area contributed by atoms with Gasteiger partial charge in [0, 0.05) is 13.1 Å². The minimum absolute atomic E-state index is 0.313. The van der Waals surface area contributed by atoms with E-state index < -0.39 is 12.2 Å². The Balaban J connectivity index is 1.98. The maximum Gasteiger partial charge on any atom is 0.0992 e. The molecule has 0 radical (unpaired) electrons. The molecule has 3 heteroatoms. The molecule has 0 aliphatic carbocycles. The molecule has 0 bridgehead atoms. The molecule has 3 nitrogen and oxygen atoms in total. The third-order valence-corrected chi connectivity index (χ3v) is 4.81. The molecule has 0 saturated carbocycles. The largest absolute Gasteiger partial charge is 0.391 e. The molecule has 3 aromatic carbocycles. The monoisotopic (exact) mass is 361 g/mol. The van der Waals surface area contributed by atoms with Crippen molar-refractivity contribution in [1.82, 2.24) is 4.90 Å². The number of nitrogens with zero attached hydrogens (tertiary/aromatic N) is 1. The van der Waals surface area contributed by atoms with E-state index in [0.29, 0.717) is 13.1 Å². The lowest BCUT2D eigenvalue weighted by Gasteiger charge is -2.36. The van der Waals surface area contributed by atoms with E-state index in [1.54, 1.807) is 6.92 Å². The first-order valence-electron chi connectivity index (χ1n) is 9.38. The molecule has 0 amide bonds. The van der Waals surface area contributed by atoms with Crippen LogP contribution in [0.2, 0.25) is 0 Å². The average molecular weight is 361 g/mol. The van der Waals surface area contributed by atoms with Crippen LogP contribution in [0.1, 0.15) is 29.7 Å². The molecule has 2 N–H and O–H groups in total. The Morgan fingerprint density at radius 1 is 0.667 bits per heavy atom. The molecule has 0 unspecified atom stereocenters. The fraction of sp³-hybridized carbons (Fsp3) is 0.250. The van der Waals surface area contributed by atoms with Gasteiger partial charge in [0.15, 0.2) is 0 Å². The second-order valence-corrected chi connectivity index (χ2v) is 6.96. The van der Waals surface area contributed by atoms with E-state index in [2.05, 4.69) is 29.2 Å². The summed E-state index contributed by atoms with van der Waals surface area (Å²) in [5.74, 6) is 0. The highest BCUT2D eigenvalue weighted by molar-refractivity contribution is 5.23. The number of aliphatic hydroxyl groups is 2. The van der Waals surface area contributed by atoms with Crippen molar-refractivity contribution in [2.45, 2.75) is 38.3 Å². The first-order chi connectivity index (χ1) is 13.1. The lowest BCUT2D eigenvalue weighted by molar-refractivity contribution is -0.0375. The van der Waals surface area contributed by atoms with Crippen molar-refractivity contribution >= 4 is 0 Å². The van der Waals surface area contributed by atoms with E-state index in [1.807, 2.05) is 66.7 Å². The van der Waals surface area contributed by atoms with E-state index in [9.17, 15) is 10.2 Å². The van der Waals surface area contributed by atoms with Crippen LogP contribution in [0.3, 0.4) is 0 Å². The normalized spacial score (nSPS) is 14.7. The summed E-state index contributed by atoms with van der Waals surface area (Å²) >= 11 is 0. The second kappa shape index (κ2) is 9.47. The fourth-order valence-corrected chi connectivity index (χ4v) is 3.43. The van der Waals surface area contributed by atoms with Crippen LogP contribution in [0.5, 0.6) is 0 Å². The van der Waals surface area contributed by atoms with Gasteiger partial charge in [0.05, 0.1) is 18.2 Å². The van der Waals surface area contributed by atoms with Crippen LogP contribution >= 0.6 is 0 Å². The lowest BCUT2D eigenvalue weighted by Crippen LogP contribution is -2.41. The fourth-order valence-electron chi connectivity index (χ4n) is 3.43. The lowest BCUT2D eigenvalue weighted by atomic mass is 9.95. The van der Waals surface area contributed by atoms with Crippen LogP contribution in [-0.2, 0) is 13.1 Å². The second-order valence-electron chi connectivity index (χ2n) is 6.96. The smallest absolute Gasteiger partial charge is 0.0992 e. The van der Waals surface area contributed by atoms with Gasteiger partial charge in [-0.2, -0.15) is 0 Å². The van der Waals surface area contributed by atoms with Gasteiger partial charge in [0.2, 0.25) is 0 Å². The summed E-state index contributed by atoms with van der Waals surface area (Å²) in [4.78, 5) is 2.23. The SMILES string of the molecule is C[C@@H](O)[C@@H](O)[C@@H](c1ccccc1)N(Cc1ccccc1)Cc1ccccc1. The molecule has 0 spiro atoms. The van der Waals surface area contributed by atoms with Gasteiger partial charge >= 0.3 is 0 Å². The predicted molar refractivity (Wildman–Crippen MR) is 109 cm³/mol.